The van der Waals surface area contributed by atoms with Gasteiger partial charge < -0.3 is 10.8 Å². The molecule has 1 aromatic rings. The molecule has 1 saturated heterocycles. The molecule has 5 nitrogen and oxygen atoms in total. The van der Waals surface area contributed by atoms with Crippen LogP contribution >= 0.6 is 0 Å². The SMILES string of the molecule is Cc1c(N)cc(S(=O)(=O)N2CCC[C@@H]2CO)cc1F. The highest BCUT2D eigenvalue weighted by Gasteiger charge is 2.35. The van der Waals surface area contributed by atoms with Gasteiger partial charge in [-0.25, -0.2) is 12.8 Å². The van der Waals surface area contributed by atoms with Crippen molar-refractivity contribution in [3.63, 3.8) is 0 Å². The molecule has 0 bridgehead atoms. The summed E-state index contributed by atoms with van der Waals surface area (Å²) >= 11 is 0. The van der Waals surface area contributed by atoms with Crippen LogP contribution in [0.15, 0.2) is 17.0 Å². The van der Waals surface area contributed by atoms with E-state index in [1.807, 2.05) is 0 Å². The van der Waals surface area contributed by atoms with Gasteiger partial charge in [-0.2, -0.15) is 4.31 Å². The van der Waals surface area contributed by atoms with Crippen LogP contribution in [0, 0.1) is 12.7 Å². The van der Waals surface area contributed by atoms with Gasteiger partial charge in [-0.3, -0.25) is 0 Å². The molecule has 1 aliphatic rings. The molecule has 3 N–H and O–H groups in total. The second-order valence-corrected chi connectivity index (χ2v) is 6.60. The van der Waals surface area contributed by atoms with Crippen molar-refractivity contribution in [1.82, 2.24) is 4.31 Å². The zero-order chi connectivity index (χ0) is 14.2. The number of nitrogens with two attached hydrogens (primary N) is 1. The van der Waals surface area contributed by atoms with Gasteiger partial charge in [0.25, 0.3) is 0 Å². The van der Waals surface area contributed by atoms with Gasteiger partial charge in [0, 0.05) is 23.8 Å². The molecule has 1 aromatic carbocycles. The Hall–Kier alpha value is -1.18. The molecule has 0 aromatic heterocycles. The van der Waals surface area contributed by atoms with Gasteiger partial charge in [0.1, 0.15) is 5.82 Å². The maximum atomic E-state index is 13.6. The molecule has 19 heavy (non-hydrogen) atoms. The van der Waals surface area contributed by atoms with Crippen LogP contribution in [0.4, 0.5) is 10.1 Å². The molecule has 7 heteroatoms. The van der Waals surface area contributed by atoms with E-state index >= 15 is 0 Å². The second-order valence-electron chi connectivity index (χ2n) is 4.71. The number of sulfonamides is 1. The maximum Gasteiger partial charge on any atom is 0.243 e. The van der Waals surface area contributed by atoms with E-state index in [4.69, 9.17) is 5.73 Å². The first kappa shape index (κ1) is 14.2. The Bertz CT molecular complexity index is 566. The van der Waals surface area contributed by atoms with E-state index in [9.17, 15) is 17.9 Å². The van der Waals surface area contributed by atoms with Crippen molar-refractivity contribution >= 4 is 15.7 Å². The minimum absolute atomic E-state index is 0.110. The Labute approximate surface area is 111 Å². The fourth-order valence-electron chi connectivity index (χ4n) is 2.27. The number of anilines is 1. The molecule has 1 aliphatic heterocycles. The lowest BCUT2D eigenvalue weighted by atomic mass is 10.2. The summed E-state index contributed by atoms with van der Waals surface area (Å²) < 4.78 is 39.7. The van der Waals surface area contributed by atoms with Crippen LogP contribution in [0.2, 0.25) is 0 Å². The monoisotopic (exact) mass is 288 g/mol. The lowest BCUT2D eigenvalue weighted by Gasteiger charge is -2.22. The predicted molar refractivity (Wildman–Crippen MR) is 69.5 cm³/mol. The number of hydrogen-bond donors (Lipinski definition) is 2. The maximum absolute atomic E-state index is 13.6. The van der Waals surface area contributed by atoms with Gasteiger partial charge in [0.15, 0.2) is 0 Å². The molecular weight excluding hydrogens is 271 g/mol. The number of rotatable bonds is 3. The molecule has 0 spiro atoms. The summed E-state index contributed by atoms with van der Waals surface area (Å²) in [6.07, 6.45) is 1.30. The Morgan fingerprint density at radius 2 is 2.21 bits per heavy atom. The van der Waals surface area contributed by atoms with Crippen molar-refractivity contribution in [3.05, 3.63) is 23.5 Å². The van der Waals surface area contributed by atoms with Crippen LogP contribution < -0.4 is 5.73 Å². The molecule has 0 radical (unpaired) electrons. The largest absolute Gasteiger partial charge is 0.398 e. The summed E-state index contributed by atoms with van der Waals surface area (Å²) in [6, 6.07) is 1.81. The van der Waals surface area contributed by atoms with Crippen LogP contribution in [0.3, 0.4) is 0 Å². The average Bonchev–Trinajstić information content (AvgIpc) is 2.84. The number of nitrogens with zero attached hydrogens (tertiary/aromatic N) is 1. The number of nitrogen functional groups attached to an aromatic ring is 1. The molecule has 1 fully saturated rings. The van der Waals surface area contributed by atoms with Gasteiger partial charge in [0.05, 0.1) is 11.5 Å². The van der Waals surface area contributed by atoms with E-state index in [-0.39, 0.29) is 22.8 Å². The summed E-state index contributed by atoms with van der Waals surface area (Å²) in [4.78, 5) is -0.159. The highest BCUT2D eigenvalue weighted by atomic mass is 32.2. The lowest BCUT2D eigenvalue weighted by molar-refractivity contribution is 0.213. The highest BCUT2D eigenvalue weighted by molar-refractivity contribution is 7.89. The van der Waals surface area contributed by atoms with Crippen LogP contribution in [0.25, 0.3) is 0 Å². The van der Waals surface area contributed by atoms with Crippen molar-refractivity contribution in [1.29, 1.82) is 0 Å². The Balaban J connectivity index is 2.45. The molecule has 0 unspecified atom stereocenters. The Kier molecular flexibility index (Phi) is 3.80. The van der Waals surface area contributed by atoms with Crippen molar-refractivity contribution in [3.8, 4) is 0 Å². The topological polar surface area (TPSA) is 83.6 Å². The van der Waals surface area contributed by atoms with E-state index < -0.39 is 21.9 Å². The van der Waals surface area contributed by atoms with Crippen molar-refractivity contribution in [2.75, 3.05) is 18.9 Å². The first-order valence-corrected chi connectivity index (χ1v) is 7.50. The first-order chi connectivity index (χ1) is 8.87. The predicted octanol–water partition coefficient (Wildman–Crippen LogP) is 0.862. The first-order valence-electron chi connectivity index (χ1n) is 6.06. The van der Waals surface area contributed by atoms with E-state index in [2.05, 4.69) is 0 Å². The van der Waals surface area contributed by atoms with Gasteiger partial charge in [-0.05, 0) is 31.9 Å². The van der Waals surface area contributed by atoms with E-state index in [1.165, 1.54) is 17.3 Å². The fraction of sp³-hybridized carbons (Fsp3) is 0.500. The molecule has 0 aliphatic carbocycles. The number of aliphatic hydroxyl groups excluding tert-OH is 1. The Morgan fingerprint density at radius 1 is 1.53 bits per heavy atom. The van der Waals surface area contributed by atoms with Crippen LogP contribution in [0.1, 0.15) is 18.4 Å². The third kappa shape index (κ3) is 2.45. The summed E-state index contributed by atoms with van der Waals surface area (Å²) in [6.45, 7) is 1.60. The highest BCUT2D eigenvalue weighted by Crippen LogP contribution is 2.28. The molecule has 1 atom stereocenters. The van der Waals surface area contributed by atoms with Gasteiger partial charge in [0.2, 0.25) is 10.0 Å². The number of hydrogen-bond acceptors (Lipinski definition) is 4. The number of halogens is 1. The molecule has 1 heterocycles. The molecule has 2 rings (SSSR count). The Morgan fingerprint density at radius 3 is 2.79 bits per heavy atom. The van der Waals surface area contributed by atoms with Crippen molar-refractivity contribution < 1.29 is 17.9 Å². The van der Waals surface area contributed by atoms with Crippen LogP contribution in [0.5, 0.6) is 0 Å². The minimum atomic E-state index is -3.81. The molecule has 0 saturated carbocycles. The number of benzene rings is 1. The average molecular weight is 288 g/mol. The minimum Gasteiger partial charge on any atom is -0.398 e. The fourth-order valence-corrected chi connectivity index (χ4v) is 4.00. The lowest BCUT2D eigenvalue weighted by Crippen LogP contribution is -2.37. The van der Waals surface area contributed by atoms with Gasteiger partial charge in [-0.15, -0.1) is 0 Å². The summed E-state index contributed by atoms with van der Waals surface area (Å²) in [5, 5.41) is 9.20. The quantitative estimate of drug-likeness (QED) is 0.808. The molecular formula is C12H17FN2O3S. The van der Waals surface area contributed by atoms with Gasteiger partial charge in [-0.1, -0.05) is 0 Å². The van der Waals surface area contributed by atoms with Crippen LogP contribution in [-0.2, 0) is 10.0 Å². The number of aliphatic hydroxyl groups is 1. The summed E-state index contributed by atoms with van der Waals surface area (Å²) in [5.74, 6) is -0.640. The van der Waals surface area contributed by atoms with E-state index in [0.717, 1.165) is 6.07 Å². The molecule has 106 valence electrons. The summed E-state index contributed by atoms with van der Waals surface area (Å²) in [7, 11) is -3.81. The third-order valence-electron chi connectivity index (χ3n) is 3.50. The van der Waals surface area contributed by atoms with Crippen molar-refractivity contribution in [2.24, 2.45) is 0 Å². The zero-order valence-corrected chi connectivity index (χ0v) is 11.5. The summed E-state index contributed by atoms with van der Waals surface area (Å²) in [5.41, 5.74) is 5.96. The van der Waals surface area contributed by atoms with Crippen molar-refractivity contribution in [2.45, 2.75) is 30.7 Å². The van der Waals surface area contributed by atoms with Crippen LogP contribution in [-0.4, -0.2) is 37.0 Å². The molecule has 0 amide bonds. The van der Waals surface area contributed by atoms with E-state index in [0.29, 0.717) is 19.4 Å². The zero-order valence-electron chi connectivity index (χ0n) is 10.6. The van der Waals surface area contributed by atoms with Gasteiger partial charge >= 0.3 is 0 Å². The van der Waals surface area contributed by atoms with E-state index in [1.54, 1.807) is 0 Å². The standard InChI is InChI=1S/C12H17FN2O3S/c1-8-11(13)5-10(6-12(8)14)19(17,18)15-4-2-3-9(15)7-16/h5-6,9,16H,2-4,7,14H2,1H3/t9-/m1/s1. The second kappa shape index (κ2) is 5.07. The third-order valence-corrected chi connectivity index (χ3v) is 5.43. The normalized spacial score (nSPS) is 20.9. The smallest absolute Gasteiger partial charge is 0.243 e.